The number of fused-ring (bicyclic) bond motifs is 1. The Kier molecular flexibility index (Phi) is 3.93. The number of pyridine rings is 1. The molecular formula is C18H15FN2O2. The number of aromatic amines is 1. The number of hydrogen-bond acceptors (Lipinski definition) is 2. The van der Waals surface area contributed by atoms with E-state index in [1.165, 1.54) is 23.1 Å². The number of nitrogens with zero attached hydrogens (tertiary/aromatic N) is 1. The van der Waals surface area contributed by atoms with E-state index in [0.29, 0.717) is 23.0 Å². The van der Waals surface area contributed by atoms with Crippen LogP contribution in [0.5, 0.6) is 0 Å². The summed E-state index contributed by atoms with van der Waals surface area (Å²) in [5.41, 5.74) is 1.48. The van der Waals surface area contributed by atoms with Gasteiger partial charge < -0.3 is 9.88 Å². The topological polar surface area (TPSA) is 53.2 Å². The maximum Gasteiger partial charge on any atom is 0.254 e. The molecule has 5 heteroatoms. The second kappa shape index (κ2) is 6.04. The first-order valence-electron chi connectivity index (χ1n) is 7.16. The molecule has 1 aromatic heterocycles. The van der Waals surface area contributed by atoms with Gasteiger partial charge in [0.2, 0.25) is 5.56 Å². The molecule has 23 heavy (non-hydrogen) atoms. The Bertz CT molecular complexity index is 916. The highest BCUT2D eigenvalue weighted by molar-refractivity contribution is 6.05. The number of H-pyrrole nitrogens is 1. The Balaban J connectivity index is 1.93. The monoisotopic (exact) mass is 310 g/mol. The van der Waals surface area contributed by atoms with Crippen LogP contribution in [0, 0.1) is 5.82 Å². The Hall–Kier alpha value is -2.95. The average Bonchev–Trinajstić information content (AvgIpc) is 2.55. The van der Waals surface area contributed by atoms with Crippen LogP contribution in [0.2, 0.25) is 0 Å². The predicted octanol–water partition coefficient (Wildman–Crippen LogP) is 2.94. The van der Waals surface area contributed by atoms with Crippen LogP contribution in [-0.2, 0) is 6.54 Å². The van der Waals surface area contributed by atoms with Crippen LogP contribution >= 0.6 is 0 Å². The van der Waals surface area contributed by atoms with Crippen LogP contribution in [0.3, 0.4) is 0 Å². The number of carbonyl (C=O) groups excluding carboxylic acids is 1. The molecule has 3 aromatic rings. The van der Waals surface area contributed by atoms with Gasteiger partial charge in [-0.15, -0.1) is 0 Å². The number of hydrogen-bond donors (Lipinski definition) is 1. The molecule has 0 spiro atoms. The zero-order chi connectivity index (χ0) is 16.4. The van der Waals surface area contributed by atoms with Crippen LogP contribution in [0.1, 0.15) is 15.9 Å². The van der Waals surface area contributed by atoms with Crippen molar-refractivity contribution in [2.75, 3.05) is 7.05 Å². The van der Waals surface area contributed by atoms with Crippen LogP contribution in [0.15, 0.2) is 59.4 Å². The fraction of sp³-hybridized carbons (Fsp3) is 0.111. The highest BCUT2D eigenvalue weighted by atomic mass is 19.1. The zero-order valence-corrected chi connectivity index (χ0v) is 12.5. The Morgan fingerprint density at radius 3 is 2.57 bits per heavy atom. The third-order valence-electron chi connectivity index (χ3n) is 3.66. The number of carbonyl (C=O) groups is 1. The summed E-state index contributed by atoms with van der Waals surface area (Å²) in [6.07, 6.45) is 0. The van der Waals surface area contributed by atoms with E-state index in [1.54, 1.807) is 37.4 Å². The normalized spacial score (nSPS) is 10.7. The van der Waals surface area contributed by atoms with Crippen molar-refractivity contribution in [3.8, 4) is 0 Å². The summed E-state index contributed by atoms with van der Waals surface area (Å²) in [5.74, 6) is -0.569. The summed E-state index contributed by atoms with van der Waals surface area (Å²) in [6.45, 7) is 0.334. The van der Waals surface area contributed by atoms with Crippen molar-refractivity contribution >= 4 is 16.8 Å². The number of halogens is 1. The second-order valence-corrected chi connectivity index (χ2v) is 5.38. The molecule has 0 radical (unpaired) electrons. The van der Waals surface area contributed by atoms with Crippen molar-refractivity contribution in [2.45, 2.75) is 6.54 Å². The number of rotatable bonds is 3. The fourth-order valence-electron chi connectivity index (χ4n) is 2.52. The minimum absolute atomic E-state index is 0.253. The highest BCUT2D eigenvalue weighted by Gasteiger charge is 2.16. The summed E-state index contributed by atoms with van der Waals surface area (Å²) in [4.78, 5) is 28.7. The van der Waals surface area contributed by atoms with Gasteiger partial charge in [0.1, 0.15) is 5.82 Å². The standard InChI is InChI=1S/C18H15FN2O2/c1-21(11-12-6-8-13(19)9-7-12)18(23)15-10-17(22)20-16-5-3-2-4-14(15)16/h2-10H,11H2,1H3,(H,20,22). The number of benzene rings is 2. The van der Waals surface area contributed by atoms with E-state index in [1.807, 2.05) is 6.07 Å². The molecule has 0 fully saturated rings. The fourth-order valence-corrected chi connectivity index (χ4v) is 2.52. The van der Waals surface area contributed by atoms with Gasteiger partial charge in [-0.1, -0.05) is 30.3 Å². The van der Waals surface area contributed by atoms with Gasteiger partial charge in [0.25, 0.3) is 5.91 Å². The third-order valence-corrected chi connectivity index (χ3v) is 3.66. The number of nitrogens with one attached hydrogen (secondary N) is 1. The minimum Gasteiger partial charge on any atom is -0.337 e. The molecule has 116 valence electrons. The van der Waals surface area contributed by atoms with Gasteiger partial charge in [-0.3, -0.25) is 9.59 Å². The summed E-state index contributed by atoms with van der Waals surface area (Å²) < 4.78 is 12.9. The molecule has 4 nitrogen and oxygen atoms in total. The lowest BCUT2D eigenvalue weighted by Gasteiger charge is -2.18. The van der Waals surface area contributed by atoms with E-state index in [4.69, 9.17) is 0 Å². The predicted molar refractivity (Wildman–Crippen MR) is 86.8 cm³/mol. The van der Waals surface area contributed by atoms with Gasteiger partial charge in [0, 0.05) is 30.6 Å². The minimum atomic E-state index is -0.317. The molecule has 3 rings (SSSR count). The molecule has 0 aliphatic heterocycles. The van der Waals surface area contributed by atoms with Crippen molar-refractivity contribution < 1.29 is 9.18 Å². The first-order valence-corrected chi connectivity index (χ1v) is 7.16. The molecule has 0 unspecified atom stereocenters. The molecule has 0 aliphatic rings. The molecule has 0 bridgehead atoms. The van der Waals surface area contributed by atoms with Crippen LogP contribution in [-0.4, -0.2) is 22.8 Å². The molecule has 1 N–H and O–H groups in total. The van der Waals surface area contributed by atoms with Crippen molar-refractivity contribution in [2.24, 2.45) is 0 Å². The molecule has 0 aliphatic carbocycles. The molecular weight excluding hydrogens is 295 g/mol. The smallest absolute Gasteiger partial charge is 0.254 e. The Morgan fingerprint density at radius 2 is 1.83 bits per heavy atom. The molecule has 1 amide bonds. The lowest BCUT2D eigenvalue weighted by Crippen LogP contribution is -2.27. The maximum absolute atomic E-state index is 12.9. The van der Waals surface area contributed by atoms with E-state index in [0.717, 1.165) is 5.56 Å². The largest absolute Gasteiger partial charge is 0.337 e. The zero-order valence-electron chi connectivity index (χ0n) is 12.5. The van der Waals surface area contributed by atoms with Crippen molar-refractivity contribution in [3.05, 3.63) is 81.9 Å². The number of para-hydroxylation sites is 1. The van der Waals surface area contributed by atoms with E-state index in [-0.39, 0.29) is 17.3 Å². The van der Waals surface area contributed by atoms with E-state index < -0.39 is 0 Å². The van der Waals surface area contributed by atoms with Gasteiger partial charge in [-0.2, -0.15) is 0 Å². The lowest BCUT2D eigenvalue weighted by atomic mass is 10.1. The Morgan fingerprint density at radius 1 is 1.13 bits per heavy atom. The summed E-state index contributed by atoms with van der Waals surface area (Å²) >= 11 is 0. The SMILES string of the molecule is CN(Cc1ccc(F)cc1)C(=O)c1cc(=O)[nH]c2ccccc12. The number of amides is 1. The van der Waals surface area contributed by atoms with E-state index in [2.05, 4.69) is 4.98 Å². The lowest BCUT2D eigenvalue weighted by molar-refractivity contribution is 0.0787. The van der Waals surface area contributed by atoms with Crippen molar-refractivity contribution in [1.29, 1.82) is 0 Å². The number of aromatic nitrogens is 1. The van der Waals surface area contributed by atoms with E-state index in [9.17, 15) is 14.0 Å². The molecule has 2 aromatic carbocycles. The van der Waals surface area contributed by atoms with Crippen molar-refractivity contribution in [1.82, 2.24) is 9.88 Å². The molecule has 0 atom stereocenters. The van der Waals surface area contributed by atoms with Crippen LogP contribution in [0.4, 0.5) is 4.39 Å². The van der Waals surface area contributed by atoms with Gasteiger partial charge in [-0.05, 0) is 23.8 Å². The van der Waals surface area contributed by atoms with Gasteiger partial charge in [0.05, 0.1) is 5.56 Å². The first kappa shape index (κ1) is 15.0. The average molecular weight is 310 g/mol. The summed E-state index contributed by atoms with van der Waals surface area (Å²) in [6, 6.07) is 14.5. The van der Waals surface area contributed by atoms with Crippen LogP contribution in [0.25, 0.3) is 10.9 Å². The van der Waals surface area contributed by atoms with Crippen molar-refractivity contribution in [3.63, 3.8) is 0 Å². The van der Waals surface area contributed by atoms with Crippen LogP contribution < -0.4 is 5.56 Å². The maximum atomic E-state index is 12.9. The molecule has 0 saturated carbocycles. The summed E-state index contributed by atoms with van der Waals surface area (Å²) in [7, 11) is 1.65. The van der Waals surface area contributed by atoms with Gasteiger partial charge in [0.15, 0.2) is 0 Å². The van der Waals surface area contributed by atoms with Gasteiger partial charge >= 0.3 is 0 Å². The third kappa shape index (κ3) is 3.13. The molecule has 1 heterocycles. The van der Waals surface area contributed by atoms with Gasteiger partial charge in [-0.25, -0.2) is 4.39 Å². The second-order valence-electron chi connectivity index (χ2n) is 5.38. The quantitative estimate of drug-likeness (QED) is 0.808. The Labute approximate surface area is 132 Å². The molecule has 0 saturated heterocycles. The summed E-state index contributed by atoms with van der Waals surface area (Å²) in [5, 5.41) is 0.697. The highest BCUT2D eigenvalue weighted by Crippen LogP contribution is 2.17. The first-order chi connectivity index (χ1) is 11.0. The van der Waals surface area contributed by atoms with E-state index >= 15 is 0 Å².